The van der Waals surface area contributed by atoms with Crippen molar-refractivity contribution in [2.75, 3.05) is 5.32 Å². The molecule has 3 aromatic carbocycles. The number of anilines is 1. The zero-order valence-electron chi connectivity index (χ0n) is 19.3. The second-order valence-electron chi connectivity index (χ2n) is 8.16. The molecule has 5 aromatic rings. The van der Waals surface area contributed by atoms with Gasteiger partial charge in [0.2, 0.25) is 5.91 Å². The minimum absolute atomic E-state index is 0.237. The Balaban J connectivity index is 1.38. The molecule has 0 aliphatic heterocycles. The number of para-hydroxylation sites is 1. The highest BCUT2D eigenvalue weighted by Crippen LogP contribution is 2.25. The molecule has 1 amide bonds. The van der Waals surface area contributed by atoms with Gasteiger partial charge in [-0.15, -0.1) is 0 Å². The Morgan fingerprint density at radius 2 is 1.61 bits per heavy atom. The molecule has 0 bridgehead atoms. The van der Waals surface area contributed by atoms with Crippen LogP contribution in [0.5, 0.6) is 0 Å². The molecule has 0 aliphatic carbocycles. The Morgan fingerprint density at radius 1 is 0.889 bits per heavy atom. The van der Waals surface area contributed by atoms with E-state index in [1.54, 1.807) is 17.1 Å². The average molecular weight is 495 g/mol. The lowest BCUT2D eigenvalue weighted by Gasteiger charge is -2.09. The van der Waals surface area contributed by atoms with Crippen LogP contribution < -0.4 is 5.32 Å². The lowest BCUT2D eigenvalue weighted by atomic mass is 10.1. The Labute approximate surface area is 213 Å². The van der Waals surface area contributed by atoms with Gasteiger partial charge >= 0.3 is 0 Å². The number of nitrogens with zero attached hydrogens (tertiary/aromatic N) is 5. The fourth-order valence-electron chi connectivity index (χ4n) is 3.87. The maximum Gasteiger partial charge on any atom is 0.248 e. The zero-order valence-corrected chi connectivity index (χ0v) is 20.1. The van der Waals surface area contributed by atoms with E-state index in [9.17, 15) is 4.79 Å². The highest BCUT2D eigenvalue weighted by atomic mass is 35.5. The van der Waals surface area contributed by atoms with Crippen LogP contribution in [0.4, 0.5) is 5.69 Å². The van der Waals surface area contributed by atoms with Crippen molar-refractivity contribution in [3.8, 4) is 11.3 Å². The monoisotopic (exact) mass is 494 g/mol. The number of hydrogen-bond donors (Lipinski definition) is 1. The summed E-state index contributed by atoms with van der Waals surface area (Å²) in [6.45, 7) is 1.03. The lowest BCUT2D eigenvalue weighted by Crippen LogP contribution is -2.11. The van der Waals surface area contributed by atoms with Crippen molar-refractivity contribution in [3.63, 3.8) is 0 Å². The molecule has 7 nitrogen and oxygen atoms in total. The smallest absolute Gasteiger partial charge is 0.248 e. The van der Waals surface area contributed by atoms with Gasteiger partial charge in [-0.1, -0.05) is 78.3 Å². The average Bonchev–Trinajstić information content (AvgIpc) is 3.56. The third-order valence-corrected chi connectivity index (χ3v) is 5.98. The van der Waals surface area contributed by atoms with Crippen LogP contribution >= 0.6 is 11.6 Å². The van der Waals surface area contributed by atoms with Crippen LogP contribution in [0.3, 0.4) is 0 Å². The maximum atomic E-state index is 12.9. The first-order chi connectivity index (χ1) is 17.7. The van der Waals surface area contributed by atoms with Crippen molar-refractivity contribution in [2.45, 2.75) is 13.1 Å². The second kappa shape index (κ2) is 10.8. The third-order valence-electron chi connectivity index (χ3n) is 5.62. The van der Waals surface area contributed by atoms with E-state index >= 15 is 0 Å². The van der Waals surface area contributed by atoms with Crippen molar-refractivity contribution in [1.29, 1.82) is 0 Å². The minimum atomic E-state index is -0.237. The first-order valence-electron chi connectivity index (χ1n) is 11.4. The van der Waals surface area contributed by atoms with E-state index < -0.39 is 0 Å². The molecule has 5 rings (SSSR count). The van der Waals surface area contributed by atoms with E-state index in [0.717, 1.165) is 33.6 Å². The molecule has 0 spiro atoms. The van der Waals surface area contributed by atoms with Gasteiger partial charge in [0.05, 0.1) is 18.8 Å². The number of nitrogens with one attached hydrogen (secondary N) is 1. The third kappa shape index (κ3) is 5.59. The molecule has 0 fully saturated rings. The van der Waals surface area contributed by atoms with E-state index in [4.69, 9.17) is 16.7 Å². The summed E-state index contributed by atoms with van der Waals surface area (Å²) < 4.78 is 3.55. The van der Waals surface area contributed by atoms with Crippen LogP contribution in [0.25, 0.3) is 17.3 Å². The first-order valence-corrected chi connectivity index (χ1v) is 11.8. The van der Waals surface area contributed by atoms with Gasteiger partial charge in [-0.25, -0.2) is 9.67 Å². The number of carbonyl (C=O) groups is 1. The largest absolute Gasteiger partial charge is 0.322 e. The van der Waals surface area contributed by atoms with Gasteiger partial charge in [-0.2, -0.15) is 10.2 Å². The molecule has 0 unspecified atom stereocenters. The van der Waals surface area contributed by atoms with E-state index in [2.05, 4.69) is 15.4 Å². The van der Waals surface area contributed by atoms with Crippen LogP contribution in [-0.2, 0) is 17.9 Å². The summed E-state index contributed by atoms with van der Waals surface area (Å²) in [7, 11) is 0. The summed E-state index contributed by atoms with van der Waals surface area (Å²) in [5, 5.41) is 12.6. The molecule has 1 N–H and O–H groups in total. The second-order valence-corrected chi connectivity index (χ2v) is 8.57. The van der Waals surface area contributed by atoms with Gasteiger partial charge in [-0.05, 0) is 29.3 Å². The normalized spacial score (nSPS) is 11.1. The van der Waals surface area contributed by atoms with Crippen molar-refractivity contribution >= 4 is 29.3 Å². The Bertz CT molecular complexity index is 1490. The highest BCUT2D eigenvalue weighted by Gasteiger charge is 2.12. The van der Waals surface area contributed by atoms with Gasteiger partial charge in [0.1, 0.15) is 12.7 Å². The van der Waals surface area contributed by atoms with Crippen molar-refractivity contribution in [1.82, 2.24) is 24.5 Å². The fourth-order valence-corrected chi connectivity index (χ4v) is 4.07. The fraction of sp³-hybridized carbons (Fsp3) is 0.0714. The van der Waals surface area contributed by atoms with E-state index in [-0.39, 0.29) is 5.91 Å². The van der Waals surface area contributed by atoms with Gasteiger partial charge in [0.25, 0.3) is 0 Å². The molecule has 2 heterocycles. The van der Waals surface area contributed by atoms with Gasteiger partial charge < -0.3 is 5.32 Å². The number of carbonyl (C=O) groups excluding carboxylic acids is 1. The number of aromatic nitrogens is 5. The van der Waals surface area contributed by atoms with Crippen LogP contribution in [0.2, 0.25) is 5.02 Å². The predicted molar refractivity (Wildman–Crippen MR) is 141 cm³/mol. The number of rotatable bonds is 8. The molecule has 0 saturated heterocycles. The number of halogens is 1. The molecule has 0 radical (unpaired) electrons. The van der Waals surface area contributed by atoms with Crippen LogP contribution in [0, 0.1) is 0 Å². The molecule has 0 atom stereocenters. The molecular formula is C28H23ClN6O. The Kier molecular flexibility index (Phi) is 7.00. The summed E-state index contributed by atoms with van der Waals surface area (Å²) >= 11 is 6.36. The molecule has 0 saturated carbocycles. The minimum Gasteiger partial charge on any atom is -0.322 e. The SMILES string of the molecule is O=C(/C=C/c1cn(Cc2ccccc2Cl)nc1-c1ccccc1)Nc1ccccc1Cn1cncn1. The van der Waals surface area contributed by atoms with Crippen molar-refractivity contribution < 1.29 is 4.79 Å². The van der Waals surface area contributed by atoms with Crippen LogP contribution in [0.1, 0.15) is 16.7 Å². The van der Waals surface area contributed by atoms with E-state index in [1.165, 1.54) is 12.4 Å². The van der Waals surface area contributed by atoms with E-state index in [0.29, 0.717) is 18.1 Å². The first kappa shape index (κ1) is 23.3. The van der Waals surface area contributed by atoms with Crippen LogP contribution in [0.15, 0.2) is 104 Å². The Morgan fingerprint density at radius 3 is 2.39 bits per heavy atom. The highest BCUT2D eigenvalue weighted by molar-refractivity contribution is 6.31. The Hall–Kier alpha value is -4.49. The quantitative estimate of drug-likeness (QED) is 0.287. The van der Waals surface area contributed by atoms with Crippen molar-refractivity contribution in [2.24, 2.45) is 0 Å². The maximum absolute atomic E-state index is 12.9. The topological polar surface area (TPSA) is 77.6 Å². The zero-order chi connectivity index (χ0) is 24.7. The molecule has 2 aromatic heterocycles. The summed E-state index contributed by atoms with van der Waals surface area (Å²) in [5.41, 5.74) is 5.22. The molecular weight excluding hydrogens is 472 g/mol. The molecule has 178 valence electrons. The van der Waals surface area contributed by atoms with Gasteiger partial charge in [0.15, 0.2) is 0 Å². The van der Waals surface area contributed by atoms with Gasteiger partial charge in [0, 0.05) is 34.1 Å². The van der Waals surface area contributed by atoms with Crippen LogP contribution in [-0.4, -0.2) is 30.5 Å². The molecule has 8 heteroatoms. The molecule has 0 aliphatic rings. The predicted octanol–water partition coefficient (Wildman–Crippen LogP) is 5.54. The molecule has 36 heavy (non-hydrogen) atoms. The van der Waals surface area contributed by atoms with Crippen molar-refractivity contribution in [3.05, 3.63) is 126 Å². The number of benzene rings is 3. The summed E-state index contributed by atoms with van der Waals surface area (Å²) in [6.07, 6.45) is 8.36. The van der Waals surface area contributed by atoms with Gasteiger partial charge in [-0.3, -0.25) is 9.48 Å². The number of amides is 1. The lowest BCUT2D eigenvalue weighted by molar-refractivity contribution is -0.111. The van der Waals surface area contributed by atoms with E-state index in [1.807, 2.05) is 89.7 Å². The summed E-state index contributed by atoms with van der Waals surface area (Å²) in [5.74, 6) is -0.237. The number of hydrogen-bond acceptors (Lipinski definition) is 4. The standard InChI is InChI=1S/C28H23ClN6O/c29-25-12-6-4-10-22(25)16-34-18-24(28(33-34)21-8-2-1-3-9-21)14-15-27(36)32-26-13-7-5-11-23(26)17-35-20-30-19-31-35/h1-15,18-20H,16-17H2,(H,32,36)/b15-14+. The summed E-state index contributed by atoms with van der Waals surface area (Å²) in [6, 6.07) is 25.2. The summed E-state index contributed by atoms with van der Waals surface area (Å²) in [4.78, 5) is 16.8.